The van der Waals surface area contributed by atoms with Crippen molar-refractivity contribution >= 4 is 35.3 Å². The summed E-state index contributed by atoms with van der Waals surface area (Å²) in [6, 6.07) is 9.41. The molecule has 0 spiro atoms. The van der Waals surface area contributed by atoms with Crippen LogP contribution in [0.15, 0.2) is 48.8 Å². The van der Waals surface area contributed by atoms with Crippen LogP contribution in [0.5, 0.6) is 0 Å². The third kappa shape index (κ3) is 7.44. The molecule has 38 heavy (non-hydrogen) atoms. The van der Waals surface area contributed by atoms with E-state index in [1.165, 1.54) is 0 Å². The van der Waals surface area contributed by atoms with Gasteiger partial charge in [-0.2, -0.15) is 13.2 Å². The summed E-state index contributed by atoms with van der Waals surface area (Å²) in [7, 11) is 0. The number of carboxylic acid groups (broad SMARTS) is 1. The number of hydrogen-bond acceptors (Lipinski definition) is 5. The fourth-order valence-corrected chi connectivity index (χ4v) is 4.55. The monoisotopic (exact) mass is 554 g/mol. The molecule has 0 saturated carbocycles. The van der Waals surface area contributed by atoms with E-state index in [2.05, 4.69) is 10.3 Å². The molecule has 0 unspecified atom stereocenters. The summed E-state index contributed by atoms with van der Waals surface area (Å²) in [5.41, 5.74) is 1.42. The van der Waals surface area contributed by atoms with Gasteiger partial charge in [0.1, 0.15) is 12.1 Å². The molecule has 3 heterocycles. The second-order valence-corrected chi connectivity index (χ2v) is 9.17. The Balaban J connectivity index is 0.000000505. The van der Waals surface area contributed by atoms with Gasteiger partial charge in [0, 0.05) is 42.6 Å². The molecule has 0 bridgehead atoms. The normalized spacial score (nSPS) is 18.9. The van der Waals surface area contributed by atoms with E-state index >= 15 is 0 Å². The smallest absolute Gasteiger partial charge is 0.475 e. The van der Waals surface area contributed by atoms with E-state index < -0.39 is 24.2 Å². The minimum atomic E-state index is -5.08. The molecule has 2 saturated heterocycles. The number of benzene rings is 1. The summed E-state index contributed by atoms with van der Waals surface area (Å²) in [5.74, 6) is -3.26. The molecule has 1 aromatic carbocycles. The van der Waals surface area contributed by atoms with E-state index in [-0.39, 0.29) is 17.7 Å². The van der Waals surface area contributed by atoms with Crippen molar-refractivity contribution in [1.29, 1.82) is 0 Å². The van der Waals surface area contributed by atoms with Gasteiger partial charge in [0.2, 0.25) is 11.8 Å². The summed E-state index contributed by atoms with van der Waals surface area (Å²) in [6.07, 6.45) is 1.04. The maximum absolute atomic E-state index is 13.4. The second-order valence-electron chi connectivity index (χ2n) is 8.73. The SMILES string of the molecule is O=C(NCc1ccncc1)[C@@H]1CCCN1C(=O)[C@H]1CCCN1C(=O)c1cccc(Cl)c1.O=C(O)C(F)(F)F. The van der Waals surface area contributed by atoms with Crippen molar-refractivity contribution in [3.8, 4) is 0 Å². The van der Waals surface area contributed by atoms with Crippen LogP contribution in [0.25, 0.3) is 0 Å². The second kappa shape index (κ2) is 12.7. The molecule has 2 aliphatic rings. The molecule has 1 aromatic heterocycles. The van der Waals surface area contributed by atoms with Crippen molar-refractivity contribution in [3.05, 3.63) is 64.9 Å². The third-order valence-corrected chi connectivity index (χ3v) is 6.40. The van der Waals surface area contributed by atoms with Crippen LogP contribution < -0.4 is 5.32 Å². The predicted molar refractivity (Wildman–Crippen MR) is 130 cm³/mol. The number of aromatic nitrogens is 1. The summed E-state index contributed by atoms with van der Waals surface area (Å²) in [6.45, 7) is 1.44. The zero-order valence-corrected chi connectivity index (χ0v) is 20.9. The maximum atomic E-state index is 13.4. The van der Waals surface area contributed by atoms with Gasteiger partial charge in [0.05, 0.1) is 0 Å². The number of nitrogens with one attached hydrogen (secondary N) is 1. The van der Waals surface area contributed by atoms with E-state index in [0.717, 1.165) is 18.4 Å². The first kappa shape index (κ1) is 28.9. The van der Waals surface area contributed by atoms with Gasteiger partial charge < -0.3 is 20.2 Å². The number of carbonyl (C=O) groups is 4. The largest absolute Gasteiger partial charge is 0.490 e. The first-order valence-corrected chi connectivity index (χ1v) is 12.2. The van der Waals surface area contributed by atoms with Crippen molar-refractivity contribution in [3.63, 3.8) is 0 Å². The molecule has 2 aromatic rings. The molecule has 204 valence electrons. The van der Waals surface area contributed by atoms with Crippen molar-refractivity contribution in [2.75, 3.05) is 13.1 Å². The number of pyridine rings is 1. The van der Waals surface area contributed by atoms with Crippen LogP contribution in [-0.4, -0.2) is 74.9 Å². The predicted octanol–water partition coefficient (Wildman–Crippen LogP) is 3.28. The summed E-state index contributed by atoms with van der Waals surface area (Å²) >= 11 is 6.03. The van der Waals surface area contributed by atoms with Crippen LogP contribution >= 0.6 is 11.6 Å². The minimum absolute atomic E-state index is 0.144. The van der Waals surface area contributed by atoms with Crippen molar-refractivity contribution < 1.29 is 37.5 Å². The zero-order chi connectivity index (χ0) is 27.9. The van der Waals surface area contributed by atoms with Crippen LogP contribution in [0.1, 0.15) is 41.6 Å². The van der Waals surface area contributed by atoms with Crippen molar-refractivity contribution in [2.45, 2.75) is 50.5 Å². The summed E-state index contributed by atoms with van der Waals surface area (Å²) in [4.78, 5) is 55.3. The molecule has 2 atom stereocenters. The topological polar surface area (TPSA) is 120 Å². The Bertz CT molecular complexity index is 1170. The number of rotatable bonds is 5. The van der Waals surface area contributed by atoms with E-state index in [1.54, 1.807) is 46.5 Å². The molecule has 4 rings (SSSR count). The van der Waals surface area contributed by atoms with Crippen LogP contribution in [-0.2, 0) is 20.9 Å². The molecule has 0 radical (unpaired) electrons. The molecular formula is C25H26ClF3N4O5. The number of amides is 3. The van der Waals surface area contributed by atoms with Crippen LogP contribution in [0.2, 0.25) is 5.02 Å². The average molecular weight is 555 g/mol. The van der Waals surface area contributed by atoms with E-state index in [4.69, 9.17) is 21.5 Å². The number of carbonyl (C=O) groups excluding carboxylic acids is 3. The van der Waals surface area contributed by atoms with Gasteiger partial charge >= 0.3 is 12.1 Å². The number of hydrogen-bond donors (Lipinski definition) is 2. The number of alkyl halides is 3. The van der Waals surface area contributed by atoms with Gasteiger partial charge in [0.15, 0.2) is 0 Å². The number of nitrogens with zero attached hydrogens (tertiary/aromatic N) is 3. The molecule has 2 fully saturated rings. The van der Waals surface area contributed by atoms with Crippen molar-refractivity contribution in [2.24, 2.45) is 0 Å². The highest BCUT2D eigenvalue weighted by atomic mass is 35.5. The molecule has 3 amide bonds. The fraction of sp³-hybridized carbons (Fsp3) is 0.400. The van der Waals surface area contributed by atoms with Crippen molar-refractivity contribution in [1.82, 2.24) is 20.1 Å². The third-order valence-electron chi connectivity index (χ3n) is 6.17. The van der Waals surface area contributed by atoms with Gasteiger partial charge in [-0.15, -0.1) is 0 Å². The maximum Gasteiger partial charge on any atom is 0.490 e. The van der Waals surface area contributed by atoms with Gasteiger partial charge in [0.25, 0.3) is 5.91 Å². The molecular weight excluding hydrogens is 529 g/mol. The number of halogens is 4. The number of carboxylic acids is 1. The van der Waals surface area contributed by atoms with E-state index in [0.29, 0.717) is 43.1 Å². The van der Waals surface area contributed by atoms with Crippen LogP contribution in [0.3, 0.4) is 0 Å². The summed E-state index contributed by atoms with van der Waals surface area (Å²) < 4.78 is 31.7. The highest BCUT2D eigenvalue weighted by molar-refractivity contribution is 6.31. The Labute approximate surface area is 221 Å². The first-order chi connectivity index (χ1) is 18.0. The lowest BCUT2D eigenvalue weighted by atomic mass is 10.1. The van der Waals surface area contributed by atoms with Gasteiger partial charge in [-0.3, -0.25) is 19.4 Å². The Kier molecular flexibility index (Phi) is 9.67. The van der Waals surface area contributed by atoms with E-state index in [1.807, 2.05) is 12.1 Å². The lowest BCUT2D eigenvalue weighted by Gasteiger charge is -2.31. The molecule has 9 nitrogen and oxygen atoms in total. The zero-order valence-electron chi connectivity index (χ0n) is 20.2. The molecule has 2 N–H and O–H groups in total. The Morgan fingerprint density at radius 3 is 2.21 bits per heavy atom. The standard InChI is InChI=1S/C23H25ClN4O3.C2HF3O2/c24-18-5-1-4-17(14-18)22(30)28-13-3-7-20(28)23(31)27-12-2-6-19(27)21(29)26-15-16-8-10-25-11-9-16;3-2(4,5)1(6)7/h1,4-5,8-11,14,19-20H,2-3,6-7,12-13,15H2,(H,26,29);(H,6,7)/t19-,20+;/m0./s1. The number of aliphatic carboxylic acids is 1. The minimum Gasteiger partial charge on any atom is -0.475 e. The first-order valence-electron chi connectivity index (χ1n) is 11.8. The van der Waals surface area contributed by atoms with Gasteiger partial charge in [-0.1, -0.05) is 17.7 Å². The highest BCUT2D eigenvalue weighted by Gasteiger charge is 2.42. The fourth-order valence-electron chi connectivity index (χ4n) is 4.36. The molecule has 2 aliphatic heterocycles. The Hall–Kier alpha value is -3.67. The quantitative estimate of drug-likeness (QED) is 0.585. The Morgan fingerprint density at radius 2 is 1.61 bits per heavy atom. The highest BCUT2D eigenvalue weighted by Crippen LogP contribution is 2.27. The summed E-state index contributed by atoms with van der Waals surface area (Å²) in [5, 5.41) is 10.5. The van der Waals surface area contributed by atoms with Gasteiger partial charge in [-0.05, 0) is 61.6 Å². The lowest BCUT2D eigenvalue weighted by molar-refractivity contribution is -0.192. The van der Waals surface area contributed by atoms with Crippen LogP contribution in [0.4, 0.5) is 13.2 Å². The lowest BCUT2D eigenvalue weighted by Crippen LogP contribution is -2.52. The Morgan fingerprint density at radius 1 is 1.00 bits per heavy atom. The average Bonchev–Trinajstić information content (AvgIpc) is 3.57. The van der Waals surface area contributed by atoms with Gasteiger partial charge in [-0.25, -0.2) is 4.79 Å². The molecule has 0 aliphatic carbocycles. The van der Waals surface area contributed by atoms with E-state index in [9.17, 15) is 27.6 Å². The molecule has 13 heteroatoms. The number of likely N-dealkylation sites (tertiary alicyclic amines) is 2. The van der Waals surface area contributed by atoms with Crippen LogP contribution in [0, 0.1) is 0 Å².